The van der Waals surface area contributed by atoms with Crippen molar-refractivity contribution in [2.24, 2.45) is 5.92 Å². The lowest BCUT2D eigenvalue weighted by Gasteiger charge is -2.02. The molecule has 0 aromatic carbocycles. The van der Waals surface area contributed by atoms with Crippen LogP contribution in [0.5, 0.6) is 0 Å². The van der Waals surface area contributed by atoms with Gasteiger partial charge in [0.25, 0.3) is 0 Å². The first-order valence-electron chi connectivity index (χ1n) is 4.07. The lowest BCUT2D eigenvalue weighted by molar-refractivity contribution is 0.881. The molecule has 1 heterocycles. The van der Waals surface area contributed by atoms with E-state index in [-0.39, 0.29) is 0 Å². The van der Waals surface area contributed by atoms with E-state index in [1.807, 2.05) is 6.07 Å². The average Bonchev–Trinajstić information content (AvgIpc) is 2.84. The van der Waals surface area contributed by atoms with Gasteiger partial charge in [-0.25, -0.2) is 9.97 Å². The first-order valence-corrected chi connectivity index (χ1v) is 4.45. The normalized spacial score (nSPS) is 16.1. The van der Waals surface area contributed by atoms with E-state index in [0.29, 0.717) is 5.28 Å². The molecule has 3 nitrogen and oxygen atoms in total. The molecule has 12 heavy (non-hydrogen) atoms. The van der Waals surface area contributed by atoms with Gasteiger partial charge >= 0.3 is 0 Å². The molecule has 0 unspecified atom stereocenters. The number of hydrogen-bond donors (Lipinski definition) is 1. The Morgan fingerprint density at radius 3 is 3.08 bits per heavy atom. The van der Waals surface area contributed by atoms with Crippen molar-refractivity contribution in [3.05, 3.63) is 17.5 Å². The van der Waals surface area contributed by atoms with Gasteiger partial charge in [0.05, 0.1) is 0 Å². The van der Waals surface area contributed by atoms with Crippen molar-refractivity contribution in [3.8, 4) is 0 Å². The van der Waals surface area contributed by atoms with Gasteiger partial charge in [-0.3, -0.25) is 0 Å². The Balaban J connectivity index is 1.92. The number of nitrogens with zero attached hydrogens (tertiary/aromatic N) is 2. The molecular weight excluding hydrogens is 174 g/mol. The third kappa shape index (κ3) is 2.08. The van der Waals surface area contributed by atoms with Gasteiger partial charge in [-0.15, -0.1) is 0 Å². The highest BCUT2D eigenvalue weighted by Crippen LogP contribution is 2.28. The summed E-state index contributed by atoms with van der Waals surface area (Å²) in [6.07, 6.45) is 4.34. The fraction of sp³-hybridized carbons (Fsp3) is 0.500. The SMILES string of the molecule is Clc1nccc(NCC2CC2)n1. The fourth-order valence-corrected chi connectivity index (χ4v) is 1.15. The molecule has 1 aliphatic carbocycles. The third-order valence-electron chi connectivity index (χ3n) is 1.89. The summed E-state index contributed by atoms with van der Waals surface area (Å²) < 4.78 is 0. The van der Waals surface area contributed by atoms with E-state index in [9.17, 15) is 0 Å². The van der Waals surface area contributed by atoms with E-state index < -0.39 is 0 Å². The largest absolute Gasteiger partial charge is 0.370 e. The Kier molecular flexibility index (Phi) is 2.13. The maximum Gasteiger partial charge on any atom is 0.224 e. The zero-order valence-electron chi connectivity index (χ0n) is 6.63. The molecule has 4 heteroatoms. The van der Waals surface area contributed by atoms with Gasteiger partial charge in [-0.05, 0) is 36.4 Å². The second-order valence-corrected chi connectivity index (χ2v) is 3.37. The lowest BCUT2D eigenvalue weighted by Crippen LogP contribution is -2.04. The molecule has 64 valence electrons. The fourth-order valence-electron chi connectivity index (χ4n) is 1.00. The average molecular weight is 184 g/mol. The predicted molar refractivity (Wildman–Crippen MR) is 48.3 cm³/mol. The van der Waals surface area contributed by atoms with E-state index in [4.69, 9.17) is 11.6 Å². The van der Waals surface area contributed by atoms with Crippen LogP contribution in [0, 0.1) is 5.92 Å². The van der Waals surface area contributed by atoms with Crippen LogP contribution in [0.2, 0.25) is 5.28 Å². The molecular formula is C8H10ClN3. The van der Waals surface area contributed by atoms with Crippen LogP contribution in [-0.4, -0.2) is 16.5 Å². The van der Waals surface area contributed by atoms with Gasteiger partial charge < -0.3 is 5.32 Å². The molecule has 0 bridgehead atoms. The zero-order valence-corrected chi connectivity index (χ0v) is 7.38. The van der Waals surface area contributed by atoms with Gasteiger partial charge in [-0.2, -0.15) is 0 Å². The second kappa shape index (κ2) is 3.27. The van der Waals surface area contributed by atoms with Crippen LogP contribution < -0.4 is 5.32 Å². The molecule has 0 spiro atoms. The summed E-state index contributed by atoms with van der Waals surface area (Å²) in [5, 5.41) is 3.51. The summed E-state index contributed by atoms with van der Waals surface area (Å²) >= 11 is 5.61. The van der Waals surface area contributed by atoms with Crippen LogP contribution >= 0.6 is 11.6 Å². The van der Waals surface area contributed by atoms with Gasteiger partial charge in [0.15, 0.2) is 0 Å². The third-order valence-corrected chi connectivity index (χ3v) is 2.08. The Morgan fingerprint density at radius 2 is 2.42 bits per heavy atom. The first kappa shape index (κ1) is 7.80. The van der Waals surface area contributed by atoms with Crippen molar-refractivity contribution >= 4 is 17.4 Å². The standard InChI is InChI=1S/C8H10ClN3/c9-8-10-4-3-7(12-8)11-5-6-1-2-6/h3-4,6H,1-2,5H2,(H,10,11,12). The van der Waals surface area contributed by atoms with E-state index in [1.165, 1.54) is 12.8 Å². The number of nitrogens with one attached hydrogen (secondary N) is 1. The minimum absolute atomic E-state index is 0.302. The number of anilines is 1. The van der Waals surface area contributed by atoms with Gasteiger partial charge in [0.1, 0.15) is 5.82 Å². The van der Waals surface area contributed by atoms with E-state index >= 15 is 0 Å². The Bertz CT molecular complexity index is 273. The minimum atomic E-state index is 0.302. The summed E-state index contributed by atoms with van der Waals surface area (Å²) in [6.45, 7) is 1.01. The topological polar surface area (TPSA) is 37.8 Å². The van der Waals surface area contributed by atoms with Crippen molar-refractivity contribution in [2.45, 2.75) is 12.8 Å². The number of aromatic nitrogens is 2. The van der Waals surface area contributed by atoms with Crippen LogP contribution in [-0.2, 0) is 0 Å². The Morgan fingerprint density at radius 1 is 1.58 bits per heavy atom. The van der Waals surface area contributed by atoms with Crippen molar-refractivity contribution < 1.29 is 0 Å². The maximum atomic E-state index is 5.61. The van der Waals surface area contributed by atoms with Gasteiger partial charge in [-0.1, -0.05) is 0 Å². The summed E-state index contributed by atoms with van der Waals surface area (Å²) in [4.78, 5) is 7.81. The number of halogens is 1. The van der Waals surface area contributed by atoms with Gasteiger partial charge in [0.2, 0.25) is 5.28 Å². The zero-order chi connectivity index (χ0) is 8.39. The Hall–Kier alpha value is -0.830. The highest BCUT2D eigenvalue weighted by molar-refractivity contribution is 6.28. The highest BCUT2D eigenvalue weighted by Gasteiger charge is 2.20. The van der Waals surface area contributed by atoms with Gasteiger partial charge in [0, 0.05) is 12.7 Å². The smallest absolute Gasteiger partial charge is 0.224 e. The molecule has 1 aromatic heterocycles. The molecule has 1 fully saturated rings. The van der Waals surface area contributed by atoms with Crippen LogP contribution in [0.4, 0.5) is 5.82 Å². The highest BCUT2D eigenvalue weighted by atomic mass is 35.5. The van der Waals surface area contributed by atoms with Crippen molar-refractivity contribution in [3.63, 3.8) is 0 Å². The summed E-state index contributed by atoms with van der Waals surface area (Å²) in [6, 6.07) is 1.83. The molecule has 1 N–H and O–H groups in total. The monoisotopic (exact) mass is 183 g/mol. The summed E-state index contributed by atoms with van der Waals surface area (Å²) in [5.74, 6) is 1.67. The molecule has 1 aromatic rings. The Labute approximate surface area is 76.2 Å². The second-order valence-electron chi connectivity index (χ2n) is 3.04. The quantitative estimate of drug-likeness (QED) is 0.728. The molecule has 0 saturated heterocycles. The van der Waals surface area contributed by atoms with E-state index in [1.54, 1.807) is 6.20 Å². The minimum Gasteiger partial charge on any atom is -0.370 e. The lowest BCUT2D eigenvalue weighted by atomic mass is 10.4. The summed E-state index contributed by atoms with van der Waals surface area (Å²) in [5.41, 5.74) is 0. The molecule has 1 saturated carbocycles. The molecule has 0 amide bonds. The predicted octanol–water partition coefficient (Wildman–Crippen LogP) is 1.95. The van der Waals surface area contributed by atoms with E-state index in [0.717, 1.165) is 18.3 Å². The molecule has 2 rings (SSSR count). The van der Waals surface area contributed by atoms with Crippen LogP contribution in [0.3, 0.4) is 0 Å². The van der Waals surface area contributed by atoms with Crippen LogP contribution in [0.25, 0.3) is 0 Å². The first-order chi connectivity index (χ1) is 5.84. The van der Waals surface area contributed by atoms with Crippen molar-refractivity contribution in [2.75, 3.05) is 11.9 Å². The maximum absolute atomic E-state index is 5.61. The number of rotatable bonds is 3. The molecule has 0 atom stereocenters. The number of hydrogen-bond acceptors (Lipinski definition) is 3. The van der Waals surface area contributed by atoms with Crippen molar-refractivity contribution in [1.82, 2.24) is 9.97 Å². The van der Waals surface area contributed by atoms with Crippen molar-refractivity contribution in [1.29, 1.82) is 0 Å². The van der Waals surface area contributed by atoms with Crippen LogP contribution in [0.15, 0.2) is 12.3 Å². The van der Waals surface area contributed by atoms with Crippen LogP contribution in [0.1, 0.15) is 12.8 Å². The molecule has 0 radical (unpaired) electrons. The molecule has 0 aliphatic heterocycles. The molecule has 1 aliphatic rings. The van der Waals surface area contributed by atoms with E-state index in [2.05, 4.69) is 15.3 Å². The summed E-state index contributed by atoms with van der Waals surface area (Å²) in [7, 11) is 0.